The average Bonchev–Trinajstić information content (AvgIpc) is 2.60. The summed E-state index contributed by atoms with van der Waals surface area (Å²) in [5.74, 6) is -0.547. The maximum absolute atomic E-state index is 12.1. The molecular formula is C18H19NO3Se. The molecule has 2 aromatic rings. The molecule has 1 N–H and O–H groups in total. The van der Waals surface area contributed by atoms with Crippen LogP contribution in [0.3, 0.4) is 0 Å². The fraction of sp³-hybridized carbons (Fsp3) is 0.222. The summed E-state index contributed by atoms with van der Waals surface area (Å²) in [7, 11) is 1.33. The first-order chi connectivity index (χ1) is 11.2. The van der Waals surface area contributed by atoms with Gasteiger partial charge in [-0.15, -0.1) is 0 Å². The Morgan fingerprint density at radius 1 is 1.04 bits per heavy atom. The van der Waals surface area contributed by atoms with Gasteiger partial charge in [-0.2, -0.15) is 0 Å². The maximum atomic E-state index is 12.1. The first kappa shape index (κ1) is 17.3. The van der Waals surface area contributed by atoms with Gasteiger partial charge in [0.05, 0.1) is 0 Å². The van der Waals surface area contributed by atoms with Gasteiger partial charge in [-0.05, 0) is 0 Å². The van der Waals surface area contributed by atoms with Crippen LogP contribution >= 0.6 is 0 Å². The molecule has 2 aromatic carbocycles. The quantitative estimate of drug-likeness (QED) is 0.586. The van der Waals surface area contributed by atoms with Gasteiger partial charge in [-0.25, -0.2) is 0 Å². The Morgan fingerprint density at radius 3 is 2.26 bits per heavy atom. The molecule has 120 valence electrons. The van der Waals surface area contributed by atoms with Crippen LogP contribution in [-0.2, 0) is 20.7 Å². The van der Waals surface area contributed by atoms with Gasteiger partial charge < -0.3 is 0 Å². The number of hydrogen-bond donors (Lipinski definition) is 1. The van der Waals surface area contributed by atoms with E-state index in [2.05, 4.69) is 5.32 Å². The van der Waals surface area contributed by atoms with Crippen molar-refractivity contribution in [3.63, 3.8) is 0 Å². The van der Waals surface area contributed by atoms with E-state index in [1.807, 2.05) is 60.7 Å². The van der Waals surface area contributed by atoms with Crippen molar-refractivity contribution in [3.8, 4) is 0 Å². The van der Waals surface area contributed by atoms with E-state index in [1.54, 1.807) is 0 Å². The van der Waals surface area contributed by atoms with Crippen molar-refractivity contribution >= 4 is 31.3 Å². The van der Waals surface area contributed by atoms with Crippen LogP contribution in [0.15, 0.2) is 60.7 Å². The zero-order valence-electron chi connectivity index (χ0n) is 12.9. The third-order valence-electron chi connectivity index (χ3n) is 3.22. The summed E-state index contributed by atoms with van der Waals surface area (Å²) in [6.07, 6.45) is 0.428. The molecule has 0 aromatic heterocycles. The van der Waals surface area contributed by atoms with E-state index in [9.17, 15) is 9.59 Å². The number of carbonyl (C=O) groups is 2. The number of nitrogens with one attached hydrogen (secondary N) is 1. The monoisotopic (exact) mass is 377 g/mol. The average molecular weight is 376 g/mol. The third-order valence-corrected chi connectivity index (χ3v) is 5.34. The molecule has 1 atom stereocenters. The van der Waals surface area contributed by atoms with Gasteiger partial charge >= 0.3 is 142 Å². The molecule has 23 heavy (non-hydrogen) atoms. The second kappa shape index (κ2) is 9.13. The predicted octanol–water partition coefficient (Wildman–Crippen LogP) is 1.33. The Kier molecular flexibility index (Phi) is 6.85. The number of hydrogen-bond acceptors (Lipinski definition) is 3. The van der Waals surface area contributed by atoms with Crippen LogP contribution in [-0.4, -0.2) is 40.0 Å². The molecule has 5 heteroatoms. The van der Waals surface area contributed by atoms with E-state index in [0.717, 1.165) is 10.0 Å². The number of amides is 1. The van der Waals surface area contributed by atoms with Gasteiger partial charge in [0.15, 0.2) is 0 Å². The van der Waals surface area contributed by atoms with Crippen molar-refractivity contribution in [2.75, 3.05) is 7.11 Å². The van der Waals surface area contributed by atoms with Crippen LogP contribution in [0.4, 0.5) is 0 Å². The summed E-state index contributed by atoms with van der Waals surface area (Å²) in [6, 6.07) is 18.8. The van der Waals surface area contributed by atoms with Gasteiger partial charge in [-0.3, -0.25) is 0 Å². The van der Waals surface area contributed by atoms with Crippen molar-refractivity contribution in [1.82, 2.24) is 5.32 Å². The van der Waals surface area contributed by atoms with Crippen LogP contribution in [0.1, 0.15) is 5.56 Å². The topological polar surface area (TPSA) is 55.4 Å². The van der Waals surface area contributed by atoms with Gasteiger partial charge in [0.2, 0.25) is 0 Å². The second-order valence-corrected chi connectivity index (χ2v) is 7.14. The minimum atomic E-state index is -0.651. The van der Waals surface area contributed by atoms with E-state index in [4.69, 9.17) is 4.74 Å². The zero-order valence-corrected chi connectivity index (χ0v) is 14.6. The number of carbonyl (C=O) groups excluding carboxylic acids is 2. The number of esters is 1. The fourth-order valence-corrected chi connectivity index (χ4v) is 3.62. The van der Waals surface area contributed by atoms with Crippen LogP contribution in [0, 0.1) is 0 Å². The molecule has 0 saturated heterocycles. The minimum absolute atomic E-state index is 0.0543. The Labute approximate surface area is 142 Å². The van der Waals surface area contributed by atoms with E-state index in [-0.39, 0.29) is 20.9 Å². The molecule has 0 radical (unpaired) electrons. The zero-order chi connectivity index (χ0) is 16.5. The Bertz CT molecular complexity index is 631. The second-order valence-electron chi connectivity index (χ2n) is 4.93. The summed E-state index contributed by atoms with van der Waals surface area (Å²) < 4.78 is 5.96. The molecule has 0 aliphatic heterocycles. The van der Waals surface area contributed by atoms with E-state index in [0.29, 0.717) is 11.7 Å². The summed E-state index contributed by atoms with van der Waals surface area (Å²) in [4.78, 5) is 24.0. The van der Waals surface area contributed by atoms with E-state index < -0.39 is 12.0 Å². The Morgan fingerprint density at radius 2 is 1.65 bits per heavy atom. The predicted molar refractivity (Wildman–Crippen MR) is 90.7 cm³/mol. The van der Waals surface area contributed by atoms with E-state index in [1.165, 1.54) is 7.11 Å². The number of methoxy groups -OCH3 is 1. The SMILES string of the molecule is COC(=O)[C@H](Cc1ccccc1)NC(=O)C[Se]c1ccccc1. The van der Waals surface area contributed by atoms with Gasteiger partial charge in [0, 0.05) is 0 Å². The number of benzene rings is 2. The molecule has 0 saturated carbocycles. The van der Waals surface area contributed by atoms with Gasteiger partial charge in [0.1, 0.15) is 0 Å². The molecule has 0 heterocycles. The third kappa shape index (κ3) is 5.89. The van der Waals surface area contributed by atoms with Crippen LogP contribution in [0.5, 0.6) is 0 Å². The molecule has 0 fully saturated rings. The first-order valence-corrected chi connectivity index (χ1v) is 9.35. The Hall–Kier alpha value is -2.10. The molecule has 2 rings (SSSR count). The standard InChI is InChI=1S/C18H19NO3Se/c1-22-18(21)16(12-14-8-4-2-5-9-14)19-17(20)13-23-15-10-6-3-7-11-15/h2-11,16H,12-13H2,1H3,(H,19,20)/t16-/m0/s1. The van der Waals surface area contributed by atoms with Gasteiger partial charge in [-0.1, -0.05) is 0 Å². The summed E-state index contributed by atoms with van der Waals surface area (Å²) in [5, 5.41) is 3.19. The molecule has 0 spiro atoms. The molecular weight excluding hydrogens is 357 g/mol. The van der Waals surface area contributed by atoms with Crippen molar-refractivity contribution in [2.24, 2.45) is 0 Å². The van der Waals surface area contributed by atoms with Crippen molar-refractivity contribution in [1.29, 1.82) is 0 Å². The Balaban J connectivity index is 1.91. The molecule has 0 unspecified atom stereocenters. The molecule has 0 aliphatic carbocycles. The number of rotatable bonds is 7. The van der Waals surface area contributed by atoms with Crippen LogP contribution in [0.25, 0.3) is 0 Å². The van der Waals surface area contributed by atoms with Crippen LogP contribution in [0.2, 0.25) is 5.32 Å². The molecule has 4 nitrogen and oxygen atoms in total. The molecule has 0 aliphatic rings. The summed E-state index contributed by atoms with van der Waals surface area (Å²) in [6.45, 7) is 0. The first-order valence-electron chi connectivity index (χ1n) is 7.28. The van der Waals surface area contributed by atoms with Crippen molar-refractivity contribution in [2.45, 2.75) is 17.8 Å². The van der Waals surface area contributed by atoms with Crippen LogP contribution < -0.4 is 9.78 Å². The normalized spacial score (nSPS) is 11.5. The molecule has 1 amide bonds. The summed E-state index contributed by atoms with van der Waals surface area (Å²) >= 11 is 0.0543. The molecule has 0 bridgehead atoms. The fourth-order valence-electron chi connectivity index (χ4n) is 2.09. The van der Waals surface area contributed by atoms with Crippen molar-refractivity contribution < 1.29 is 14.3 Å². The number of ether oxygens (including phenoxy) is 1. The van der Waals surface area contributed by atoms with E-state index >= 15 is 0 Å². The van der Waals surface area contributed by atoms with Gasteiger partial charge in [0.25, 0.3) is 0 Å². The van der Waals surface area contributed by atoms with Crippen molar-refractivity contribution in [3.05, 3.63) is 66.2 Å². The summed E-state index contributed by atoms with van der Waals surface area (Å²) in [5.41, 5.74) is 0.983.